The van der Waals surface area contributed by atoms with Crippen molar-refractivity contribution < 1.29 is 23.5 Å². The summed E-state index contributed by atoms with van der Waals surface area (Å²) in [5.41, 5.74) is 4.35. The smallest absolute Gasteiger partial charge is 0.427 e. The molecule has 0 saturated carbocycles. The van der Waals surface area contributed by atoms with E-state index < -0.39 is 27.7 Å². The molecule has 0 aliphatic carbocycles. The molecular formula is C2H3N2O5S-. The predicted octanol–water partition coefficient (Wildman–Crippen LogP) is -1.16. The number of nitrogens with zero attached hydrogens (tertiary/aromatic N) is 1. The molecule has 1 unspecified atom stereocenters. The van der Waals surface area contributed by atoms with Crippen LogP contribution in [-0.2, 0) is 11.3 Å². The third-order valence-electron chi connectivity index (χ3n) is 0.523. The van der Waals surface area contributed by atoms with Crippen molar-refractivity contribution in [3.05, 3.63) is 0 Å². The van der Waals surface area contributed by atoms with Crippen LogP contribution in [0.3, 0.4) is 0 Å². The molecule has 0 spiro atoms. The van der Waals surface area contributed by atoms with Gasteiger partial charge in [0.1, 0.15) is 0 Å². The molecule has 0 aliphatic heterocycles. The molecule has 0 saturated heterocycles. The number of carbonyl (C=O) groups excluding carboxylic acids is 1. The monoisotopic (exact) mass is 167 g/mol. The Balaban J connectivity index is 4.43. The van der Waals surface area contributed by atoms with Crippen molar-refractivity contribution >= 4 is 23.4 Å². The van der Waals surface area contributed by atoms with Gasteiger partial charge in [0.2, 0.25) is 0 Å². The van der Waals surface area contributed by atoms with Crippen molar-refractivity contribution in [3.63, 3.8) is 0 Å². The van der Waals surface area contributed by atoms with Gasteiger partial charge in [0.25, 0.3) is 0 Å². The molecular weight excluding hydrogens is 164 g/mol. The number of primary amides is 1. The van der Waals surface area contributed by atoms with E-state index in [-0.39, 0.29) is 0 Å². The standard InChI is InChI=1S/C2H4N2O5S/c3-1(5)4(2(6)7)10(8)9/h(H2,3,5)(H,6,7)(H,8,9)/p-1. The van der Waals surface area contributed by atoms with Gasteiger partial charge in [-0.05, 0) is 0 Å². The molecule has 0 aliphatic rings. The second kappa shape index (κ2) is 3.13. The molecule has 0 bridgehead atoms. The molecule has 58 valence electrons. The first kappa shape index (κ1) is 8.85. The fourth-order valence-electron chi connectivity index (χ4n) is 0.231. The normalized spacial score (nSPS) is 12.1. The van der Waals surface area contributed by atoms with Gasteiger partial charge in [-0.1, -0.05) is 0 Å². The molecule has 3 amide bonds. The Hall–Kier alpha value is -1.15. The Morgan fingerprint density at radius 3 is 2.00 bits per heavy atom. The zero-order chi connectivity index (χ0) is 8.31. The maximum atomic E-state index is 9.96. The summed E-state index contributed by atoms with van der Waals surface area (Å²) in [5.74, 6) is 0. The topological polar surface area (TPSA) is 124 Å². The maximum Gasteiger partial charge on any atom is 0.427 e. The van der Waals surface area contributed by atoms with E-state index in [1.165, 1.54) is 0 Å². The van der Waals surface area contributed by atoms with E-state index in [4.69, 9.17) is 5.11 Å². The maximum absolute atomic E-state index is 9.96. The number of carbonyl (C=O) groups is 2. The highest BCUT2D eigenvalue weighted by Gasteiger charge is 2.17. The molecule has 0 fully saturated rings. The minimum Gasteiger partial charge on any atom is -0.755 e. The molecule has 0 aromatic carbocycles. The lowest BCUT2D eigenvalue weighted by Crippen LogP contribution is -2.40. The minimum absolute atomic E-state index is 0.528. The second-order valence-electron chi connectivity index (χ2n) is 1.13. The first-order valence-corrected chi connectivity index (χ1v) is 2.92. The molecule has 0 heterocycles. The Labute approximate surface area is 57.8 Å². The van der Waals surface area contributed by atoms with Gasteiger partial charge in [0, 0.05) is 0 Å². The van der Waals surface area contributed by atoms with Crippen LogP contribution in [0.5, 0.6) is 0 Å². The molecule has 10 heavy (non-hydrogen) atoms. The van der Waals surface area contributed by atoms with Gasteiger partial charge in [-0.25, -0.2) is 9.59 Å². The molecule has 1 atom stereocenters. The Kier molecular flexibility index (Phi) is 2.77. The van der Waals surface area contributed by atoms with E-state index in [1.807, 2.05) is 0 Å². The average molecular weight is 167 g/mol. The van der Waals surface area contributed by atoms with E-state index in [2.05, 4.69) is 5.73 Å². The summed E-state index contributed by atoms with van der Waals surface area (Å²) >= 11 is -3.15. The number of rotatable bonds is 1. The lowest BCUT2D eigenvalue weighted by atomic mass is 11.0. The molecule has 0 aromatic heterocycles. The number of amides is 3. The summed E-state index contributed by atoms with van der Waals surface area (Å²) in [6.45, 7) is 0. The average Bonchev–Trinajstić information content (AvgIpc) is 1.59. The Bertz CT molecular complexity index is 157. The number of hydrogen-bond donors (Lipinski definition) is 2. The van der Waals surface area contributed by atoms with Crippen molar-refractivity contribution in [2.75, 3.05) is 0 Å². The largest absolute Gasteiger partial charge is 0.755 e. The number of carboxylic acid groups (broad SMARTS) is 1. The first-order chi connectivity index (χ1) is 4.46. The zero-order valence-electron chi connectivity index (χ0n) is 4.51. The summed E-state index contributed by atoms with van der Waals surface area (Å²) in [5, 5.41) is 7.95. The third-order valence-corrected chi connectivity index (χ3v) is 1.16. The van der Waals surface area contributed by atoms with Crippen LogP contribution in [0.4, 0.5) is 9.59 Å². The number of urea groups is 1. The summed E-state index contributed by atoms with van der Waals surface area (Å²) in [7, 11) is 0. The van der Waals surface area contributed by atoms with E-state index >= 15 is 0 Å². The molecule has 0 radical (unpaired) electrons. The van der Waals surface area contributed by atoms with E-state index in [9.17, 15) is 18.4 Å². The fraction of sp³-hybridized carbons (Fsp3) is 0. The Morgan fingerprint density at radius 2 is 2.00 bits per heavy atom. The van der Waals surface area contributed by atoms with Crippen molar-refractivity contribution in [1.82, 2.24) is 4.31 Å². The highest BCUT2D eigenvalue weighted by Crippen LogP contribution is 1.90. The van der Waals surface area contributed by atoms with Crippen molar-refractivity contribution in [2.24, 2.45) is 5.73 Å². The molecule has 3 N–H and O–H groups in total. The summed E-state index contributed by atoms with van der Waals surface area (Å²) in [4.78, 5) is 19.8. The Morgan fingerprint density at radius 1 is 1.60 bits per heavy atom. The van der Waals surface area contributed by atoms with Gasteiger partial charge in [0.05, 0.1) is 11.3 Å². The van der Waals surface area contributed by atoms with E-state index in [0.29, 0.717) is 0 Å². The molecule has 0 rings (SSSR count). The zero-order valence-corrected chi connectivity index (χ0v) is 5.33. The van der Waals surface area contributed by atoms with Gasteiger partial charge in [-0.2, -0.15) is 4.31 Å². The molecule has 7 nitrogen and oxygen atoms in total. The fourth-order valence-corrected chi connectivity index (χ4v) is 0.506. The molecule has 8 heteroatoms. The number of imide groups is 1. The van der Waals surface area contributed by atoms with Crippen LogP contribution >= 0.6 is 0 Å². The lowest BCUT2D eigenvalue weighted by molar-refractivity contribution is 0.172. The highest BCUT2D eigenvalue weighted by atomic mass is 32.2. The third kappa shape index (κ3) is 1.99. The van der Waals surface area contributed by atoms with Crippen molar-refractivity contribution in [2.45, 2.75) is 0 Å². The first-order valence-electron chi connectivity index (χ1n) is 1.88. The lowest BCUT2D eigenvalue weighted by Gasteiger charge is -2.15. The van der Waals surface area contributed by atoms with Gasteiger partial charge in [-0.3, -0.25) is 4.21 Å². The van der Waals surface area contributed by atoms with Crippen LogP contribution in [-0.4, -0.2) is 30.3 Å². The van der Waals surface area contributed by atoms with Gasteiger partial charge < -0.3 is 15.4 Å². The van der Waals surface area contributed by atoms with Crippen LogP contribution in [0.25, 0.3) is 0 Å². The van der Waals surface area contributed by atoms with Crippen LogP contribution in [0, 0.1) is 0 Å². The summed E-state index contributed by atoms with van der Waals surface area (Å²) in [6, 6.07) is -1.55. The van der Waals surface area contributed by atoms with Gasteiger partial charge >= 0.3 is 12.1 Å². The SMILES string of the molecule is NC(=O)N(C(=O)O)S(=O)[O-]. The van der Waals surface area contributed by atoms with Crippen molar-refractivity contribution in [1.29, 1.82) is 0 Å². The highest BCUT2D eigenvalue weighted by molar-refractivity contribution is 7.77. The van der Waals surface area contributed by atoms with Gasteiger partial charge in [0.15, 0.2) is 0 Å². The van der Waals surface area contributed by atoms with Crippen LogP contribution in [0.15, 0.2) is 0 Å². The second-order valence-corrected chi connectivity index (χ2v) is 1.93. The molecule has 0 aromatic rings. The van der Waals surface area contributed by atoms with Crippen LogP contribution < -0.4 is 5.73 Å². The predicted molar refractivity (Wildman–Crippen MR) is 28.4 cm³/mol. The van der Waals surface area contributed by atoms with Crippen molar-refractivity contribution in [3.8, 4) is 0 Å². The van der Waals surface area contributed by atoms with E-state index in [1.54, 1.807) is 0 Å². The van der Waals surface area contributed by atoms with E-state index in [0.717, 1.165) is 0 Å². The van der Waals surface area contributed by atoms with Gasteiger partial charge in [-0.15, -0.1) is 0 Å². The quantitative estimate of drug-likeness (QED) is 0.476. The summed E-state index contributed by atoms with van der Waals surface area (Å²) in [6.07, 6.45) is -1.93. The number of nitrogens with two attached hydrogens (primary N) is 1. The minimum atomic E-state index is -3.15. The van der Waals surface area contributed by atoms with Crippen LogP contribution in [0.1, 0.15) is 0 Å². The summed E-state index contributed by atoms with van der Waals surface area (Å²) < 4.78 is 19.1. The number of hydrogen-bond acceptors (Lipinski definition) is 4. The van der Waals surface area contributed by atoms with Crippen LogP contribution in [0.2, 0.25) is 0 Å².